The number of halogens is 1. The molecule has 1 aromatic heterocycles. The Morgan fingerprint density at radius 3 is 2.62 bits per heavy atom. The molecule has 2 heterocycles. The van der Waals surface area contributed by atoms with Crippen LogP contribution in [0.1, 0.15) is 24.2 Å². The van der Waals surface area contributed by atoms with E-state index in [0.717, 1.165) is 11.1 Å². The smallest absolute Gasteiger partial charge is 0.321 e. The van der Waals surface area contributed by atoms with Crippen LogP contribution in [0.3, 0.4) is 0 Å². The number of aliphatic hydroxyl groups is 1. The Morgan fingerprint density at radius 1 is 1.22 bits per heavy atom. The van der Waals surface area contributed by atoms with Crippen LogP contribution in [0.4, 0.5) is 14.9 Å². The maximum absolute atomic E-state index is 14.0. The highest BCUT2D eigenvalue weighted by molar-refractivity contribution is 5.98. The van der Waals surface area contributed by atoms with Gasteiger partial charge in [0, 0.05) is 31.3 Å². The van der Waals surface area contributed by atoms with Gasteiger partial charge in [0.15, 0.2) is 0 Å². The predicted molar refractivity (Wildman–Crippen MR) is 139 cm³/mol. The number of hydrogen-bond acceptors (Lipinski definition) is 5. The largest absolute Gasteiger partial charge is 0.472 e. The fourth-order valence-electron chi connectivity index (χ4n) is 4.23. The lowest BCUT2D eigenvalue weighted by molar-refractivity contribution is 0.0356. The third-order valence-electron chi connectivity index (χ3n) is 6.54. The lowest BCUT2D eigenvalue weighted by Gasteiger charge is -2.37. The molecule has 4 rings (SSSR count). The van der Waals surface area contributed by atoms with Gasteiger partial charge >= 0.3 is 6.03 Å². The zero-order chi connectivity index (χ0) is 26.5. The molecule has 0 saturated heterocycles. The number of fused-ring (bicyclic) bond motifs is 1. The molecule has 1 aliphatic rings. The summed E-state index contributed by atoms with van der Waals surface area (Å²) in [6, 6.07) is 16.4. The Morgan fingerprint density at radius 2 is 1.92 bits per heavy atom. The van der Waals surface area contributed by atoms with Crippen LogP contribution < -0.4 is 10.1 Å². The maximum atomic E-state index is 14.0. The van der Waals surface area contributed by atoms with Crippen molar-refractivity contribution in [1.29, 1.82) is 0 Å². The average Bonchev–Trinajstić information content (AvgIpc) is 2.91. The number of para-hydroxylation sites is 1. The first kappa shape index (κ1) is 26.1. The van der Waals surface area contributed by atoms with Gasteiger partial charge < -0.3 is 25.0 Å². The van der Waals surface area contributed by atoms with E-state index in [0.29, 0.717) is 6.54 Å². The van der Waals surface area contributed by atoms with Gasteiger partial charge in [0.25, 0.3) is 5.91 Å². The number of carbonyl (C=O) groups excluding carboxylic acids is 2. The van der Waals surface area contributed by atoms with Crippen molar-refractivity contribution >= 4 is 17.6 Å². The van der Waals surface area contributed by atoms with Crippen LogP contribution in [-0.2, 0) is 0 Å². The van der Waals surface area contributed by atoms with Crippen LogP contribution in [0, 0.1) is 11.7 Å². The van der Waals surface area contributed by atoms with E-state index in [-0.39, 0.29) is 42.1 Å². The molecule has 3 atom stereocenters. The van der Waals surface area contributed by atoms with Crippen molar-refractivity contribution in [3.8, 4) is 17.0 Å². The van der Waals surface area contributed by atoms with Gasteiger partial charge in [0.05, 0.1) is 24.9 Å². The van der Waals surface area contributed by atoms with Crippen molar-refractivity contribution in [2.45, 2.75) is 26.0 Å². The summed E-state index contributed by atoms with van der Waals surface area (Å²) in [6.45, 7) is 3.98. The zero-order valence-corrected chi connectivity index (χ0v) is 21.1. The first-order valence-corrected chi connectivity index (χ1v) is 12.2. The van der Waals surface area contributed by atoms with Crippen molar-refractivity contribution in [2.75, 3.05) is 32.1 Å². The summed E-state index contributed by atoms with van der Waals surface area (Å²) in [5.41, 5.74) is 2.04. The van der Waals surface area contributed by atoms with Gasteiger partial charge in [-0.05, 0) is 30.7 Å². The zero-order valence-electron chi connectivity index (χ0n) is 21.1. The monoisotopic (exact) mass is 506 g/mol. The van der Waals surface area contributed by atoms with E-state index in [2.05, 4.69) is 10.3 Å². The van der Waals surface area contributed by atoms with Gasteiger partial charge in [0.1, 0.15) is 17.5 Å². The first-order valence-electron chi connectivity index (χ1n) is 12.2. The van der Waals surface area contributed by atoms with Crippen molar-refractivity contribution in [3.05, 3.63) is 78.2 Å². The maximum Gasteiger partial charge on any atom is 0.321 e. The highest BCUT2D eigenvalue weighted by Crippen LogP contribution is 2.30. The molecule has 0 aliphatic carbocycles. The summed E-state index contributed by atoms with van der Waals surface area (Å²) < 4.78 is 20.3. The third kappa shape index (κ3) is 5.89. The molecule has 0 spiro atoms. The SMILES string of the molecule is C[C@@H]1CN([C@@H](C)CO)C(=O)c2cc(-c3ccccc3)cnc2O[C@H]1CN(C)C(=O)Nc1ccccc1F. The van der Waals surface area contributed by atoms with E-state index < -0.39 is 24.0 Å². The number of aliphatic hydroxyl groups excluding tert-OH is 1. The molecule has 1 aliphatic heterocycles. The number of anilines is 1. The molecule has 3 amide bonds. The molecule has 0 unspecified atom stereocenters. The van der Waals surface area contributed by atoms with Crippen LogP contribution >= 0.6 is 0 Å². The van der Waals surface area contributed by atoms with Crippen LogP contribution in [0.25, 0.3) is 11.1 Å². The summed E-state index contributed by atoms with van der Waals surface area (Å²) in [6.07, 6.45) is 1.13. The molecule has 37 heavy (non-hydrogen) atoms. The molecule has 9 heteroatoms. The third-order valence-corrected chi connectivity index (χ3v) is 6.54. The Hall–Kier alpha value is -3.98. The number of pyridine rings is 1. The molecular formula is C28H31FN4O4. The van der Waals surface area contributed by atoms with Crippen LogP contribution in [0.2, 0.25) is 0 Å². The van der Waals surface area contributed by atoms with Gasteiger partial charge in [-0.3, -0.25) is 4.79 Å². The Bertz CT molecular complexity index is 1260. The van der Waals surface area contributed by atoms with Crippen LogP contribution in [-0.4, -0.2) is 70.7 Å². The summed E-state index contributed by atoms with van der Waals surface area (Å²) >= 11 is 0. The van der Waals surface area contributed by atoms with Crippen molar-refractivity contribution in [3.63, 3.8) is 0 Å². The highest BCUT2D eigenvalue weighted by atomic mass is 19.1. The predicted octanol–water partition coefficient (Wildman–Crippen LogP) is 4.27. The average molecular weight is 507 g/mol. The lowest BCUT2D eigenvalue weighted by atomic mass is 9.99. The number of benzene rings is 2. The number of ether oxygens (including phenoxy) is 1. The summed E-state index contributed by atoms with van der Waals surface area (Å²) in [5.74, 6) is -0.846. The van der Waals surface area contributed by atoms with E-state index in [1.165, 1.54) is 17.0 Å². The Kier molecular flexibility index (Phi) is 8.03. The number of rotatable bonds is 6. The second kappa shape index (κ2) is 11.4. The number of nitrogens with zero attached hydrogens (tertiary/aromatic N) is 3. The molecule has 3 aromatic rings. The van der Waals surface area contributed by atoms with Crippen molar-refractivity contribution in [1.82, 2.24) is 14.8 Å². The number of aromatic nitrogens is 1. The van der Waals surface area contributed by atoms with Crippen molar-refractivity contribution < 1.29 is 23.8 Å². The van der Waals surface area contributed by atoms with Gasteiger partial charge in [0.2, 0.25) is 5.88 Å². The normalized spacial score (nSPS) is 18.2. The van der Waals surface area contributed by atoms with E-state index in [9.17, 15) is 19.1 Å². The number of hydrogen-bond donors (Lipinski definition) is 2. The number of likely N-dealkylation sites (N-methyl/N-ethyl adjacent to an activating group) is 1. The molecule has 8 nitrogen and oxygen atoms in total. The molecule has 194 valence electrons. The number of urea groups is 1. The number of amides is 3. The summed E-state index contributed by atoms with van der Waals surface area (Å²) in [7, 11) is 1.59. The van der Waals surface area contributed by atoms with Gasteiger partial charge in [-0.15, -0.1) is 0 Å². The molecule has 0 radical (unpaired) electrons. The minimum absolute atomic E-state index is 0.0833. The lowest BCUT2D eigenvalue weighted by Crippen LogP contribution is -2.50. The van der Waals surface area contributed by atoms with E-state index >= 15 is 0 Å². The van der Waals surface area contributed by atoms with Crippen LogP contribution in [0.15, 0.2) is 66.9 Å². The fourth-order valence-corrected chi connectivity index (χ4v) is 4.23. The molecule has 0 bridgehead atoms. The highest BCUT2D eigenvalue weighted by Gasteiger charge is 2.34. The molecular weight excluding hydrogens is 475 g/mol. The molecule has 0 saturated carbocycles. The molecule has 2 aromatic carbocycles. The van der Waals surface area contributed by atoms with Gasteiger partial charge in [-0.25, -0.2) is 14.2 Å². The fraction of sp³-hybridized carbons (Fsp3) is 0.321. The topological polar surface area (TPSA) is 95.0 Å². The summed E-state index contributed by atoms with van der Waals surface area (Å²) in [5, 5.41) is 12.4. The first-order chi connectivity index (χ1) is 17.8. The number of carbonyl (C=O) groups is 2. The second-order valence-corrected chi connectivity index (χ2v) is 9.36. The Labute approximate surface area is 215 Å². The van der Waals surface area contributed by atoms with Gasteiger partial charge in [-0.2, -0.15) is 0 Å². The van der Waals surface area contributed by atoms with Gasteiger partial charge in [-0.1, -0.05) is 49.4 Å². The van der Waals surface area contributed by atoms with E-state index in [4.69, 9.17) is 4.74 Å². The number of nitrogens with one attached hydrogen (secondary N) is 1. The second-order valence-electron chi connectivity index (χ2n) is 9.36. The minimum Gasteiger partial charge on any atom is -0.472 e. The standard InChI is InChI=1S/C28H31FN4O4/c1-18-15-33(19(2)17-34)27(35)22-13-21(20-9-5-4-6-10-20)14-30-26(22)37-25(18)16-32(3)28(36)31-24-12-8-7-11-23(24)29/h4-14,18-19,25,34H,15-17H2,1-3H3,(H,31,36)/t18-,19+,25+/m1/s1. The quantitative estimate of drug-likeness (QED) is 0.521. The minimum atomic E-state index is -0.528. The molecule has 0 fully saturated rings. The summed E-state index contributed by atoms with van der Waals surface area (Å²) in [4.78, 5) is 33.9. The van der Waals surface area contributed by atoms with Crippen LogP contribution in [0.5, 0.6) is 5.88 Å². The molecule has 2 N–H and O–H groups in total. The van der Waals surface area contributed by atoms with E-state index in [1.807, 2.05) is 37.3 Å². The van der Waals surface area contributed by atoms with Crippen molar-refractivity contribution in [2.24, 2.45) is 5.92 Å². The van der Waals surface area contributed by atoms with E-state index in [1.54, 1.807) is 43.3 Å². The Balaban J connectivity index is 1.62.